The van der Waals surface area contributed by atoms with Gasteiger partial charge in [0.05, 0.1) is 0 Å². The fraction of sp³-hybridized carbons (Fsp3) is 0.625. The zero-order valence-corrected chi connectivity index (χ0v) is 7.57. The van der Waals surface area contributed by atoms with Gasteiger partial charge in [-0.1, -0.05) is 0 Å². The number of nitrogens with zero attached hydrogens (tertiary/aromatic N) is 1. The first-order chi connectivity index (χ1) is 5.82. The number of hydrogen-bond acceptors (Lipinski definition) is 2. The minimum atomic E-state index is -2.72. The number of alkyl halides is 3. The summed E-state index contributed by atoms with van der Waals surface area (Å²) in [5, 5.41) is 0. The van der Waals surface area contributed by atoms with Crippen molar-refractivity contribution in [3.05, 3.63) is 17.3 Å². The van der Waals surface area contributed by atoms with Gasteiger partial charge in [-0.25, -0.2) is 18.2 Å². The average Bonchev–Trinajstić information content (AvgIpc) is 2.29. The van der Waals surface area contributed by atoms with E-state index in [-0.39, 0.29) is 11.7 Å². The van der Waals surface area contributed by atoms with Gasteiger partial charge >= 0.3 is 0 Å². The highest BCUT2D eigenvalue weighted by Crippen LogP contribution is 2.29. The van der Waals surface area contributed by atoms with Gasteiger partial charge in [0.25, 0.3) is 6.43 Å². The SMILES string of the molecule is Cc1oc(C(C)(C)F)nc1C(F)F. The smallest absolute Gasteiger partial charge is 0.283 e. The summed E-state index contributed by atoms with van der Waals surface area (Å²) in [4.78, 5) is 3.39. The second-order valence-electron chi connectivity index (χ2n) is 3.23. The highest BCUT2D eigenvalue weighted by atomic mass is 19.3. The third kappa shape index (κ3) is 2.02. The molecule has 0 bridgehead atoms. The van der Waals surface area contributed by atoms with Gasteiger partial charge in [-0.3, -0.25) is 0 Å². The van der Waals surface area contributed by atoms with Crippen LogP contribution in [0.4, 0.5) is 13.2 Å². The molecule has 0 aliphatic rings. The lowest BCUT2D eigenvalue weighted by Crippen LogP contribution is -2.09. The highest BCUT2D eigenvalue weighted by Gasteiger charge is 2.29. The van der Waals surface area contributed by atoms with Crippen molar-refractivity contribution in [1.29, 1.82) is 0 Å². The van der Waals surface area contributed by atoms with E-state index in [1.54, 1.807) is 0 Å². The van der Waals surface area contributed by atoms with E-state index in [2.05, 4.69) is 4.98 Å². The van der Waals surface area contributed by atoms with Crippen LogP contribution in [0.2, 0.25) is 0 Å². The van der Waals surface area contributed by atoms with Gasteiger partial charge in [-0.05, 0) is 20.8 Å². The molecule has 0 aliphatic heterocycles. The van der Waals surface area contributed by atoms with Crippen molar-refractivity contribution in [1.82, 2.24) is 4.98 Å². The van der Waals surface area contributed by atoms with Crippen LogP contribution in [0.5, 0.6) is 0 Å². The molecule has 0 radical (unpaired) electrons. The van der Waals surface area contributed by atoms with E-state index >= 15 is 0 Å². The number of halogens is 3. The second-order valence-corrected chi connectivity index (χ2v) is 3.23. The summed E-state index contributed by atoms with van der Waals surface area (Å²) in [7, 11) is 0. The molecule has 13 heavy (non-hydrogen) atoms. The van der Waals surface area contributed by atoms with E-state index in [0.717, 1.165) is 0 Å². The van der Waals surface area contributed by atoms with Crippen LogP contribution in [0.1, 0.15) is 37.6 Å². The van der Waals surface area contributed by atoms with E-state index < -0.39 is 17.8 Å². The summed E-state index contributed by atoms with van der Waals surface area (Å²) in [6.45, 7) is 3.74. The fourth-order valence-corrected chi connectivity index (χ4v) is 0.865. The third-order valence-corrected chi connectivity index (χ3v) is 1.55. The van der Waals surface area contributed by atoms with Crippen molar-refractivity contribution in [3.63, 3.8) is 0 Å². The Bertz CT molecular complexity index is 301. The summed E-state index contributed by atoms with van der Waals surface area (Å²) >= 11 is 0. The average molecular weight is 193 g/mol. The van der Waals surface area contributed by atoms with Crippen LogP contribution in [0.15, 0.2) is 4.42 Å². The molecular weight excluding hydrogens is 183 g/mol. The largest absolute Gasteiger partial charge is 0.442 e. The second kappa shape index (κ2) is 3.05. The maximum atomic E-state index is 13.2. The molecule has 0 aliphatic carbocycles. The van der Waals surface area contributed by atoms with Crippen LogP contribution in [-0.2, 0) is 5.67 Å². The van der Waals surface area contributed by atoms with Gasteiger partial charge in [0.2, 0.25) is 5.89 Å². The zero-order valence-electron chi connectivity index (χ0n) is 7.57. The van der Waals surface area contributed by atoms with Crippen LogP contribution in [0.3, 0.4) is 0 Å². The van der Waals surface area contributed by atoms with Gasteiger partial charge in [-0.15, -0.1) is 0 Å². The number of hydrogen-bond donors (Lipinski definition) is 0. The van der Waals surface area contributed by atoms with Crippen LogP contribution in [0, 0.1) is 6.92 Å². The zero-order chi connectivity index (χ0) is 10.2. The first kappa shape index (κ1) is 10.1. The van der Waals surface area contributed by atoms with E-state index in [4.69, 9.17) is 4.42 Å². The molecule has 0 saturated heterocycles. The summed E-state index contributed by atoms with van der Waals surface area (Å²) < 4.78 is 42.3. The molecular formula is C8H10F3NO. The van der Waals surface area contributed by atoms with E-state index in [9.17, 15) is 13.2 Å². The van der Waals surface area contributed by atoms with Crippen LogP contribution in [-0.4, -0.2) is 4.98 Å². The Kier molecular flexibility index (Phi) is 2.36. The Hall–Kier alpha value is -1.00. The Morgan fingerprint density at radius 3 is 2.15 bits per heavy atom. The highest BCUT2D eigenvalue weighted by molar-refractivity contribution is 5.11. The van der Waals surface area contributed by atoms with Crippen molar-refractivity contribution < 1.29 is 17.6 Å². The quantitative estimate of drug-likeness (QED) is 0.721. The van der Waals surface area contributed by atoms with Gasteiger partial charge in [-0.2, -0.15) is 0 Å². The van der Waals surface area contributed by atoms with Crippen molar-refractivity contribution in [2.75, 3.05) is 0 Å². The number of oxazole rings is 1. The molecule has 1 aromatic heterocycles. The molecule has 0 spiro atoms. The molecule has 74 valence electrons. The summed E-state index contributed by atoms with van der Waals surface area (Å²) in [5.74, 6) is -0.337. The molecule has 2 nitrogen and oxygen atoms in total. The molecule has 5 heteroatoms. The van der Waals surface area contributed by atoms with E-state index in [1.807, 2.05) is 0 Å². The molecule has 0 fully saturated rings. The monoisotopic (exact) mass is 193 g/mol. The van der Waals surface area contributed by atoms with Gasteiger partial charge < -0.3 is 4.42 Å². The predicted molar refractivity (Wildman–Crippen MR) is 40.3 cm³/mol. The molecule has 0 atom stereocenters. The van der Waals surface area contributed by atoms with Crippen LogP contribution < -0.4 is 0 Å². The molecule has 1 heterocycles. The van der Waals surface area contributed by atoms with Crippen molar-refractivity contribution in [2.45, 2.75) is 32.9 Å². The lowest BCUT2D eigenvalue weighted by atomic mass is 10.2. The standard InChI is InChI=1S/C8H10F3NO/c1-4-5(6(9)10)12-7(13-4)8(2,3)11/h6H,1-3H3. The summed E-state index contributed by atoms with van der Waals surface area (Å²) in [5.41, 5.74) is -2.31. The molecule has 0 unspecified atom stereocenters. The van der Waals surface area contributed by atoms with Gasteiger partial charge in [0.15, 0.2) is 5.67 Å². The number of rotatable bonds is 2. The molecule has 0 saturated carbocycles. The Labute approximate surface area is 73.8 Å². The lowest BCUT2D eigenvalue weighted by Gasteiger charge is -2.07. The lowest BCUT2D eigenvalue weighted by molar-refractivity contribution is 0.144. The molecule has 0 N–H and O–H groups in total. The fourth-order valence-electron chi connectivity index (χ4n) is 0.865. The third-order valence-electron chi connectivity index (χ3n) is 1.55. The number of aromatic nitrogens is 1. The van der Waals surface area contributed by atoms with Gasteiger partial charge in [0.1, 0.15) is 11.5 Å². The first-order valence-corrected chi connectivity index (χ1v) is 3.77. The molecule has 1 aromatic rings. The van der Waals surface area contributed by atoms with Crippen molar-refractivity contribution in [3.8, 4) is 0 Å². The Morgan fingerprint density at radius 2 is 1.92 bits per heavy atom. The van der Waals surface area contributed by atoms with Crippen LogP contribution in [0.25, 0.3) is 0 Å². The number of aryl methyl sites for hydroxylation is 1. The molecule has 0 amide bonds. The van der Waals surface area contributed by atoms with E-state index in [1.165, 1.54) is 20.8 Å². The summed E-state index contributed by atoms with van der Waals surface area (Å²) in [6, 6.07) is 0. The van der Waals surface area contributed by atoms with Crippen LogP contribution >= 0.6 is 0 Å². The first-order valence-electron chi connectivity index (χ1n) is 3.77. The Balaban J connectivity index is 3.10. The minimum absolute atomic E-state index is 0.0317. The molecule has 1 rings (SSSR count). The predicted octanol–water partition coefficient (Wildman–Crippen LogP) is 3.13. The normalized spacial score (nSPS) is 12.5. The maximum Gasteiger partial charge on any atom is 0.283 e. The maximum absolute atomic E-state index is 13.2. The van der Waals surface area contributed by atoms with E-state index in [0.29, 0.717) is 0 Å². The topological polar surface area (TPSA) is 26.0 Å². The van der Waals surface area contributed by atoms with Crippen molar-refractivity contribution in [2.24, 2.45) is 0 Å². The minimum Gasteiger partial charge on any atom is -0.442 e. The molecule has 0 aromatic carbocycles. The summed E-state index contributed by atoms with van der Waals surface area (Å²) in [6.07, 6.45) is -2.72. The van der Waals surface area contributed by atoms with Gasteiger partial charge in [0, 0.05) is 0 Å². The van der Waals surface area contributed by atoms with Crippen molar-refractivity contribution >= 4 is 0 Å². The Morgan fingerprint density at radius 1 is 1.38 bits per heavy atom.